The van der Waals surface area contributed by atoms with Crippen LogP contribution in [0.3, 0.4) is 0 Å². The second-order valence-electron chi connectivity index (χ2n) is 10.9. The molecule has 2 rings (SSSR count). The molecular formula is C28H37F3N4O5S. The number of terminal acetylenes is 1. The molecule has 1 saturated heterocycles. The summed E-state index contributed by atoms with van der Waals surface area (Å²) in [5.41, 5.74) is -3.97. The van der Waals surface area contributed by atoms with Crippen LogP contribution in [0.25, 0.3) is 0 Å². The van der Waals surface area contributed by atoms with Crippen molar-refractivity contribution in [1.29, 1.82) is 5.41 Å². The molecule has 1 aliphatic rings. The summed E-state index contributed by atoms with van der Waals surface area (Å²) in [7, 11) is -4.22. The first-order chi connectivity index (χ1) is 18.8. The summed E-state index contributed by atoms with van der Waals surface area (Å²) in [4.78, 5) is 14.1. The predicted molar refractivity (Wildman–Crippen MR) is 151 cm³/mol. The van der Waals surface area contributed by atoms with Gasteiger partial charge in [0.2, 0.25) is 10.0 Å². The molecule has 4 atom stereocenters. The van der Waals surface area contributed by atoms with Crippen molar-refractivity contribution in [3.63, 3.8) is 0 Å². The summed E-state index contributed by atoms with van der Waals surface area (Å²) in [5.74, 6) is 7.58. The number of ether oxygens (including phenoxy) is 1. The van der Waals surface area contributed by atoms with E-state index in [9.17, 15) is 31.5 Å². The number of alkyl carbamates (subject to hydrolysis) is 1. The highest BCUT2D eigenvalue weighted by Crippen LogP contribution is 2.42. The smallest absolute Gasteiger partial charge is 0.422 e. The zero-order valence-electron chi connectivity index (χ0n) is 24.0. The van der Waals surface area contributed by atoms with E-state index in [0.29, 0.717) is 5.69 Å². The van der Waals surface area contributed by atoms with E-state index in [4.69, 9.17) is 16.6 Å². The maximum Gasteiger partial charge on any atom is 0.422 e. The number of nitrogens with one attached hydrogen (secondary N) is 2. The van der Waals surface area contributed by atoms with Crippen LogP contribution in [0.4, 0.5) is 23.7 Å². The van der Waals surface area contributed by atoms with E-state index in [1.165, 1.54) is 30.3 Å². The Morgan fingerprint density at radius 3 is 2.29 bits per heavy atom. The van der Waals surface area contributed by atoms with Crippen LogP contribution in [0.15, 0.2) is 24.3 Å². The van der Waals surface area contributed by atoms with Gasteiger partial charge >= 0.3 is 12.3 Å². The first-order valence-corrected chi connectivity index (χ1v) is 14.2. The van der Waals surface area contributed by atoms with Gasteiger partial charge in [-0.2, -0.15) is 17.5 Å². The average Bonchev–Trinajstić information content (AvgIpc) is 2.86. The molecule has 3 N–H and O–H groups in total. The van der Waals surface area contributed by atoms with Crippen LogP contribution in [-0.2, 0) is 20.4 Å². The lowest BCUT2D eigenvalue weighted by Crippen LogP contribution is -2.63. The van der Waals surface area contributed by atoms with E-state index >= 15 is 0 Å². The molecule has 0 aromatic heterocycles. The number of hydrogen-bond acceptors (Lipinski definition) is 7. The number of nitrogens with zero attached hydrogens (tertiary/aromatic N) is 2. The number of rotatable bonds is 8. The van der Waals surface area contributed by atoms with Crippen molar-refractivity contribution in [2.24, 2.45) is 0 Å². The summed E-state index contributed by atoms with van der Waals surface area (Å²) in [5, 5.41) is 20.8. The van der Waals surface area contributed by atoms with Gasteiger partial charge < -0.3 is 25.5 Å². The zero-order chi connectivity index (χ0) is 31.4. The van der Waals surface area contributed by atoms with Gasteiger partial charge in [-0.05, 0) is 59.2 Å². The fraction of sp³-hybridized carbons (Fsp3) is 0.571. The summed E-state index contributed by atoms with van der Waals surface area (Å²) >= 11 is 0. The maximum absolute atomic E-state index is 13.8. The van der Waals surface area contributed by atoms with Crippen molar-refractivity contribution >= 4 is 28.0 Å². The number of alkyl halides is 3. The third-order valence-corrected chi connectivity index (χ3v) is 9.53. The number of aliphatic hydroxyl groups is 1. The summed E-state index contributed by atoms with van der Waals surface area (Å²) in [6, 6.07) is 3.35. The number of hydrogen-bond donors (Lipinski definition) is 3. The van der Waals surface area contributed by atoms with E-state index < -0.39 is 62.3 Å². The Bertz CT molecular complexity index is 1330. The molecule has 0 bridgehead atoms. The number of anilines is 1. The average molecular weight is 599 g/mol. The molecule has 0 spiro atoms. The lowest BCUT2D eigenvalue weighted by molar-refractivity contribution is -0.264. The SMILES string of the molecule is C#CCC(O)(c1ccc(N2CCN(S(=O)(=O)C(C)(C=N)[C@@H](C)NC(=O)OC(C)(C)C)C[C@@H]2C#CC)cc1)C(F)(F)F. The molecule has 1 aromatic rings. The molecule has 0 radical (unpaired) electrons. The summed E-state index contributed by atoms with van der Waals surface area (Å²) < 4.78 is 73.0. The Balaban J connectivity index is 2.34. The topological polar surface area (TPSA) is 123 Å². The van der Waals surface area contributed by atoms with Gasteiger partial charge in [-0.25, -0.2) is 13.2 Å². The van der Waals surface area contributed by atoms with Crippen LogP contribution in [0.2, 0.25) is 0 Å². The van der Waals surface area contributed by atoms with Gasteiger partial charge in [-0.15, -0.1) is 18.3 Å². The van der Waals surface area contributed by atoms with Crippen molar-refractivity contribution in [3.8, 4) is 24.2 Å². The number of benzene rings is 1. The van der Waals surface area contributed by atoms with E-state index in [1.807, 2.05) is 5.92 Å². The van der Waals surface area contributed by atoms with Crippen LogP contribution < -0.4 is 10.2 Å². The Morgan fingerprint density at radius 2 is 1.83 bits per heavy atom. The molecule has 1 heterocycles. The number of amides is 1. The first-order valence-electron chi connectivity index (χ1n) is 12.8. The third kappa shape index (κ3) is 7.15. The second kappa shape index (κ2) is 12.3. The summed E-state index contributed by atoms with van der Waals surface area (Å²) in [6.07, 6.45) is -0.924. The Kier molecular flexibility index (Phi) is 10.2. The Morgan fingerprint density at radius 1 is 1.24 bits per heavy atom. The van der Waals surface area contributed by atoms with Gasteiger partial charge in [0, 0.05) is 31.5 Å². The first kappa shape index (κ1) is 33.9. The molecule has 2 unspecified atom stereocenters. The Hall–Kier alpha value is -3.26. The lowest BCUT2D eigenvalue weighted by Gasteiger charge is -2.43. The molecule has 226 valence electrons. The predicted octanol–water partition coefficient (Wildman–Crippen LogP) is 3.62. The number of sulfonamides is 1. The van der Waals surface area contributed by atoms with Gasteiger partial charge in [-0.1, -0.05) is 18.1 Å². The van der Waals surface area contributed by atoms with Crippen LogP contribution in [0.5, 0.6) is 0 Å². The van der Waals surface area contributed by atoms with Crippen molar-refractivity contribution in [1.82, 2.24) is 9.62 Å². The van der Waals surface area contributed by atoms with Gasteiger partial charge in [0.15, 0.2) is 5.60 Å². The van der Waals surface area contributed by atoms with Crippen LogP contribution >= 0.6 is 0 Å². The molecule has 1 fully saturated rings. The number of piperazine rings is 1. The standard InChI is InChI=1S/C28H37F3N4O5S/c1-8-10-23-18-34(41(38,39)26(7,19-32)20(3)33-24(36)40-25(4,5)6)16-17-35(23)22-13-11-21(12-14-22)27(37,15-9-2)28(29,30)31/h2,11-14,19-20,23,32,37H,15-18H2,1,3-7H3,(H,33,36)/t20-,23+,26?,27?/m1/s1. The van der Waals surface area contributed by atoms with Crippen LogP contribution in [0, 0.1) is 29.6 Å². The van der Waals surface area contributed by atoms with Gasteiger partial charge in [-0.3, -0.25) is 0 Å². The number of halogens is 3. The minimum absolute atomic E-state index is 0.0157. The lowest BCUT2D eigenvalue weighted by atomic mass is 9.89. The van der Waals surface area contributed by atoms with Gasteiger partial charge in [0.25, 0.3) is 0 Å². The highest BCUT2D eigenvalue weighted by molar-refractivity contribution is 7.91. The number of carbonyl (C=O) groups is 1. The fourth-order valence-corrected chi connectivity index (χ4v) is 6.22. The molecular weight excluding hydrogens is 561 g/mol. The molecule has 13 heteroatoms. The quantitative estimate of drug-likeness (QED) is 0.310. The molecule has 1 amide bonds. The van der Waals surface area contributed by atoms with Gasteiger partial charge in [0.1, 0.15) is 16.4 Å². The van der Waals surface area contributed by atoms with Crippen LogP contribution in [-0.4, -0.2) is 78.4 Å². The highest BCUT2D eigenvalue weighted by atomic mass is 32.2. The molecule has 41 heavy (non-hydrogen) atoms. The monoisotopic (exact) mass is 598 g/mol. The highest BCUT2D eigenvalue weighted by Gasteiger charge is 2.54. The summed E-state index contributed by atoms with van der Waals surface area (Å²) in [6.45, 7) is 9.39. The Labute approximate surface area is 240 Å². The molecule has 0 saturated carbocycles. The minimum Gasteiger partial charge on any atom is -0.444 e. The molecule has 1 aliphatic heterocycles. The van der Waals surface area contributed by atoms with Crippen molar-refractivity contribution in [2.75, 3.05) is 24.5 Å². The van der Waals surface area contributed by atoms with Gasteiger partial charge in [0.05, 0.1) is 12.5 Å². The molecule has 1 aromatic carbocycles. The van der Waals surface area contributed by atoms with Crippen molar-refractivity contribution < 1.29 is 36.2 Å². The largest absolute Gasteiger partial charge is 0.444 e. The fourth-order valence-electron chi connectivity index (χ4n) is 4.35. The van der Waals surface area contributed by atoms with E-state index in [-0.39, 0.29) is 19.6 Å². The van der Waals surface area contributed by atoms with Crippen molar-refractivity contribution in [3.05, 3.63) is 29.8 Å². The molecule has 9 nitrogen and oxygen atoms in total. The number of carbonyl (C=O) groups excluding carboxylic acids is 1. The normalized spacial score (nSPS) is 20.3. The zero-order valence-corrected chi connectivity index (χ0v) is 24.8. The van der Waals surface area contributed by atoms with E-state index in [1.54, 1.807) is 32.6 Å². The second-order valence-corrected chi connectivity index (χ2v) is 13.3. The van der Waals surface area contributed by atoms with E-state index in [2.05, 4.69) is 17.2 Å². The maximum atomic E-state index is 13.8. The minimum atomic E-state index is -4.99. The van der Waals surface area contributed by atoms with Crippen LogP contribution in [0.1, 0.15) is 53.5 Å². The van der Waals surface area contributed by atoms with Crippen molar-refractivity contribution in [2.45, 2.75) is 82.2 Å². The molecule has 0 aliphatic carbocycles. The van der Waals surface area contributed by atoms with E-state index in [0.717, 1.165) is 18.3 Å². The third-order valence-electron chi connectivity index (χ3n) is 6.93.